The zero-order chi connectivity index (χ0) is 54.3. The second-order valence-electron chi connectivity index (χ2n) is 23.5. The van der Waals surface area contributed by atoms with E-state index < -0.39 is 12.1 Å². The Morgan fingerprint density at radius 3 is 1.04 bits per heavy atom. The van der Waals surface area contributed by atoms with Crippen LogP contribution < -0.4 is 5.32 Å². The minimum absolute atomic E-state index is 0.00530. The third kappa shape index (κ3) is 61.4. The van der Waals surface area contributed by atoms with Crippen molar-refractivity contribution in [3.63, 3.8) is 0 Å². The monoisotopic (exact) mass is 1060 g/mol. The highest BCUT2D eigenvalue weighted by atomic mass is 16.5. The summed E-state index contributed by atoms with van der Waals surface area (Å²) in [5.41, 5.74) is 0. The number of aliphatic hydroxyl groups is 2. The van der Waals surface area contributed by atoms with Crippen LogP contribution in [-0.4, -0.2) is 47.4 Å². The van der Waals surface area contributed by atoms with Crippen molar-refractivity contribution in [1.82, 2.24) is 5.32 Å². The average Bonchev–Trinajstić information content (AvgIpc) is 3.41. The summed E-state index contributed by atoms with van der Waals surface area (Å²) in [5, 5.41) is 23.3. The molecule has 0 saturated carbocycles. The number of allylic oxidation sites excluding steroid dienone is 4. The minimum atomic E-state index is -0.661. The van der Waals surface area contributed by atoms with Crippen LogP contribution in [0.1, 0.15) is 380 Å². The van der Waals surface area contributed by atoms with Gasteiger partial charge in [-0.15, -0.1) is 0 Å². The summed E-state index contributed by atoms with van der Waals surface area (Å²) in [6, 6.07) is -0.538. The van der Waals surface area contributed by atoms with Gasteiger partial charge in [0, 0.05) is 12.8 Å². The molecule has 0 aliphatic carbocycles. The van der Waals surface area contributed by atoms with Crippen LogP contribution in [0.2, 0.25) is 0 Å². The number of hydrogen-bond acceptors (Lipinski definition) is 5. The summed E-state index contributed by atoms with van der Waals surface area (Å²) in [6.45, 7) is 4.95. The molecule has 0 aromatic rings. The van der Waals surface area contributed by atoms with Gasteiger partial charge in [-0.3, -0.25) is 9.59 Å². The van der Waals surface area contributed by atoms with Crippen molar-refractivity contribution in [2.75, 3.05) is 13.2 Å². The number of ether oxygens (including phenoxy) is 1. The van der Waals surface area contributed by atoms with Crippen molar-refractivity contribution in [3.8, 4) is 0 Å². The molecule has 0 aliphatic rings. The van der Waals surface area contributed by atoms with Gasteiger partial charge in [0.25, 0.3) is 0 Å². The Kier molecular flexibility index (Phi) is 63.4. The number of hydrogen-bond donors (Lipinski definition) is 3. The molecule has 6 heteroatoms. The van der Waals surface area contributed by atoms with E-state index in [1.54, 1.807) is 0 Å². The second-order valence-corrected chi connectivity index (χ2v) is 23.5. The summed E-state index contributed by atoms with van der Waals surface area (Å²) >= 11 is 0. The Morgan fingerprint density at radius 2 is 0.667 bits per heavy atom. The molecule has 0 aromatic carbocycles. The van der Waals surface area contributed by atoms with Crippen molar-refractivity contribution in [3.05, 3.63) is 24.3 Å². The van der Waals surface area contributed by atoms with Crippen LogP contribution in [0.3, 0.4) is 0 Å². The summed E-state index contributed by atoms with van der Waals surface area (Å²) in [7, 11) is 0. The van der Waals surface area contributed by atoms with Crippen molar-refractivity contribution >= 4 is 11.9 Å². The zero-order valence-corrected chi connectivity index (χ0v) is 50.8. The van der Waals surface area contributed by atoms with Gasteiger partial charge >= 0.3 is 5.97 Å². The highest BCUT2D eigenvalue weighted by Gasteiger charge is 2.20. The molecule has 1 amide bonds. The minimum Gasteiger partial charge on any atom is -0.466 e. The molecule has 0 heterocycles. The molecule has 0 spiro atoms. The van der Waals surface area contributed by atoms with Crippen LogP contribution in [0.5, 0.6) is 0 Å². The molecule has 0 saturated heterocycles. The highest BCUT2D eigenvalue weighted by Crippen LogP contribution is 2.19. The van der Waals surface area contributed by atoms with Crippen LogP contribution in [0.25, 0.3) is 0 Å². The first-order valence-corrected chi connectivity index (χ1v) is 34.1. The lowest BCUT2D eigenvalue weighted by molar-refractivity contribution is -0.143. The van der Waals surface area contributed by atoms with Gasteiger partial charge in [0.1, 0.15) is 0 Å². The lowest BCUT2D eigenvalue weighted by Gasteiger charge is -2.22. The standard InChI is InChI=1S/C69H133NO5/c1-3-5-7-9-11-13-15-17-33-37-41-45-49-53-57-61-67(72)66(65-71)70-68(73)62-58-54-50-46-42-38-35-31-29-27-25-23-21-19-20-22-24-26-28-30-32-36-40-44-48-52-56-60-64-75-69(74)63-59-55-51-47-43-39-34-18-16-14-12-10-8-6-4-2/h12,14,18,34,66-67,71-72H,3-11,13,15-17,19-33,35-65H2,1-2H3,(H,70,73)/b14-12-,34-18-. The van der Waals surface area contributed by atoms with Crippen LogP contribution >= 0.6 is 0 Å². The van der Waals surface area contributed by atoms with Gasteiger partial charge in [-0.25, -0.2) is 0 Å². The molecular weight excluding hydrogens is 923 g/mol. The Hall–Kier alpha value is -1.66. The number of nitrogens with one attached hydrogen (secondary N) is 1. The molecule has 0 rings (SSSR count). The summed E-state index contributed by atoms with van der Waals surface area (Å²) in [5.74, 6) is -0.0239. The molecular formula is C69H133NO5. The Morgan fingerprint density at radius 1 is 0.373 bits per heavy atom. The normalized spacial score (nSPS) is 12.6. The zero-order valence-electron chi connectivity index (χ0n) is 50.8. The second kappa shape index (κ2) is 64.9. The first-order valence-electron chi connectivity index (χ1n) is 34.1. The largest absolute Gasteiger partial charge is 0.466 e. The number of unbranched alkanes of at least 4 members (excludes halogenated alkanes) is 49. The maximum absolute atomic E-state index is 12.5. The molecule has 3 N–H and O–H groups in total. The van der Waals surface area contributed by atoms with Gasteiger partial charge in [0.2, 0.25) is 5.91 Å². The van der Waals surface area contributed by atoms with Gasteiger partial charge in [0.05, 0.1) is 25.4 Å². The number of carbonyl (C=O) groups is 2. The molecule has 2 unspecified atom stereocenters. The van der Waals surface area contributed by atoms with E-state index >= 15 is 0 Å². The van der Waals surface area contributed by atoms with Crippen molar-refractivity contribution < 1.29 is 24.5 Å². The Bertz CT molecular complexity index is 1170. The molecule has 0 bridgehead atoms. The fourth-order valence-corrected chi connectivity index (χ4v) is 10.8. The number of amides is 1. The summed E-state index contributed by atoms with van der Waals surface area (Å²) in [4.78, 5) is 24.6. The first kappa shape index (κ1) is 73.3. The van der Waals surface area contributed by atoms with E-state index in [9.17, 15) is 19.8 Å². The van der Waals surface area contributed by atoms with Crippen molar-refractivity contribution in [2.24, 2.45) is 0 Å². The number of rotatable bonds is 64. The Labute approximate surface area is 469 Å². The predicted octanol–water partition coefficient (Wildman–Crippen LogP) is 21.8. The van der Waals surface area contributed by atoms with Crippen LogP contribution in [0.15, 0.2) is 24.3 Å². The van der Waals surface area contributed by atoms with E-state index in [0.717, 1.165) is 51.4 Å². The summed E-state index contributed by atoms with van der Waals surface area (Å²) in [6.07, 6.45) is 80.7. The third-order valence-corrected chi connectivity index (χ3v) is 16.0. The molecule has 0 aromatic heterocycles. The Balaban J connectivity index is 3.34. The third-order valence-electron chi connectivity index (χ3n) is 16.0. The molecule has 0 fully saturated rings. The number of carbonyl (C=O) groups excluding carboxylic acids is 2. The molecule has 0 radical (unpaired) electrons. The lowest BCUT2D eigenvalue weighted by Crippen LogP contribution is -2.45. The molecule has 6 nitrogen and oxygen atoms in total. The topological polar surface area (TPSA) is 95.9 Å². The summed E-state index contributed by atoms with van der Waals surface area (Å²) < 4.78 is 5.49. The van der Waals surface area contributed by atoms with E-state index in [1.807, 2.05) is 0 Å². The SMILES string of the molecule is CCCCC/C=C\C/C=C\CCCCCCCC(=O)OCCCCCCCCCCCCCCCCCCCCCCCCCCCCCCC(=O)NC(CO)C(O)CCCCCCCCCCCCCCCCC. The molecule has 2 atom stereocenters. The van der Waals surface area contributed by atoms with Crippen LogP contribution in [-0.2, 0) is 14.3 Å². The van der Waals surface area contributed by atoms with Crippen LogP contribution in [0, 0.1) is 0 Å². The van der Waals surface area contributed by atoms with E-state index in [-0.39, 0.29) is 18.5 Å². The fraction of sp³-hybridized carbons (Fsp3) is 0.913. The van der Waals surface area contributed by atoms with Gasteiger partial charge in [0.15, 0.2) is 0 Å². The number of esters is 1. The van der Waals surface area contributed by atoms with E-state index in [4.69, 9.17) is 4.74 Å². The van der Waals surface area contributed by atoms with Gasteiger partial charge in [-0.2, -0.15) is 0 Å². The predicted molar refractivity (Wildman–Crippen MR) is 329 cm³/mol. The highest BCUT2D eigenvalue weighted by molar-refractivity contribution is 5.76. The molecule has 0 aliphatic heterocycles. The fourth-order valence-electron chi connectivity index (χ4n) is 10.8. The van der Waals surface area contributed by atoms with E-state index in [2.05, 4.69) is 43.5 Å². The van der Waals surface area contributed by atoms with Crippen molar-refractivity contribution in [2.45, 2.75) is 392 Å². The molecule has 444 valence electrons. The average molecular weight is 1060 g/mol. The van der Waals surface area contributed by atoms with Crippen LogP contribution in [0.4, 0.5) is 0 Å². The van der Waals surface area contributed by atoms with Gasteiger partial charge < -0.3 is 20.3 Å². The van der Waals surface area contributed by atoms with Gasteiger partial charge in [-0.05, 0) is 57.8 Å². The van der Waals surface area contributed by atoms with E-state index in [1.165, 1.54) is 295 Å². The van der Waals surface area contributed by atoms with Crippen molar-refractivity contribution in [1.29, 1.82) is 0 Å². The first-order chi connectivity index (χ1) is 37.0. The van der Waals surface area contributed by atoms with E-state index in [0.29, 0.717) is 25.9 Å². The maximum Gasteiger partial charge on any atom is 0.305 e. The quantitative estimate of drug-likeness (QED) is 0.0320. The lowest BCUT2D eigenvalue weighted by atomic mass is 10.0. The molecule has 75 heavy (non-hydrogen) atoms. The van der Waals surface area contributed by atoms with Gasteiger partial charge in [-0.1, -0.05) is 334 Å². The maximum atomic E-state index is 12.5. The smallest absolute Gasteiger partial charge is 0.305 e. The number of aliphatic hydroxyl groups excluding tert-OH is 2.